The quantitative estimate of drug-likeness (QED) is 0.694. The molecule has 0 atom stereocenters. The monoisotopic (exact) mass is 398 g/mol. The zero-order valence-electron chi connectivity index (χ0n) is 17.1. The van der Waals surface area contributed by atoms with Crippen molar-refractivity contribution in [1.29, 1.82) is 0 Å². The Morgan fingerprint density at radius 3 is 2.28 bits per heavy atom. The summed E-state index contributed by atoms with van der Waals surface area (Å²) in [4.78, 5) is 35.4. The summed E-state index contributed by atoms with van der Waals surface area (Å²) in [5, 5.41) is 4.69. The molecule has 154 valence electrons. The highest BCUT2D eigenvalue weighted by atomic mass is 16.6. The predicted octanol–water partition coefficient (Wildman–Crippen LogP) is 3.70. The zero-order valence-corrected chi connectivity index (χ0v) is 17.1. The Morgan fingerprint density at radius 1 is 0.966 bits per heavy atom. The zero-order chi connectivity index (χ0) is 21.4. The normalized spacial score (nSPS) is 10.4. The van der Waals surface area contributed by atoms with Crippen molar-refractivity contribution in [3.63, 3.8) is 0 Å². The minimum absolute atomic E-state index is 0.330. The van der Waals surface area contributed by atoms with E-state index in [0.717, 1.165) is 16.7 Å². The van der Waals surface area contributed by atoms with Crippen LogP contribution in [0, 0.1) is 13.8 Å². The van der Waals surface area contributed by atoms with Gasteiger partial charge in [-0.25, -0.2) is 9.59 Å². The number of amides is 3. The van der Waals surface area contributed by atoms with Gasteiger partial charge >= 0.3 is 12.0 Å². The molecule has 0 aliphatic rings. The number of hydrogen-bond acceptors (Lipinski definition) is 5. The number of esters is 1. The number of carbonyl (C=O) groups is 3. The lowest BCUT2D eigenvalue weighted by Crippen LogP contribution is -2.37. The maximum absolute atomic E-state index is 11.9. The number of urea groups is 1. The molecule has 0 unspecified atom stereocenters. The van der Waals surface area contributed by atoms with E-state index in [1.54, 1.807) is 18.2 Å². The summed E-state index contributed by atoms with van der Waals surface area (Å²) in [5.74, 6) is -0.506. The minimum Gasteiger partial charge on any atom is -0.482 e. The second-order valence-corrected chi connectivity index (χ2v) is 6.99. The Kier molecular flexibility index (Phi) is 7.77. The number of carbonyl (C=O) groups excluding carboxylic acids is 3. The Labute approximate surface area is 170 Å². The fourth-order valence-corrected chi connectivity index (χ4v) is 2.55. The van der Waals surface area contributed by atoms with Crippen molar-refractivity contribution in [1.82, 2.24) is 5.32 Å². The first-order valence-corrected chi connectivity index (χ1v) is 9.31. The van der Waals surface area contributed by atoms with E-state index in [4.69, 9.17) is 9.47 Å². The van der Waals surface area contributed by atoms with E-state index in [2.05, 4.69) is 24.5 Å². The molecule has 2 aromatic rings. The second-order valence-electron chi connectivity index (χ2n) is 6.99. The summed E-state index contributed by atoms with van der Waals surface area (Å²) in [6, 6.07) is 12.2. The molecule has 2 N–H and O–H groups in total. The molecule has 7 nitrogen and oxygen atoms in total. The van der Waals surface area contributed by atoms with Crippen molar-refractivity contribution in [2.75, 3.05) is 18.5 Å². The molecule has 0 aliphatic heterocycles. The number of anilines is 1. The number of benzene rings is 2. The molecule has 3 amide bonds. The molecule has 0 saturated carbocycles. The van der Waals surface area contributed by atoms with Gasteiger partial charge in [0.15, 0.2) is 13.2 Å². The molecule has 0 bridgehead atoms. The van der Waals surface area contributed by atoms with Gasteiger partial charge in [-0.3, -0.25) is 10.1 Å². The van der Waals surface area contributed by atoms with Crippen LogP contribution in [0.2, 0.25) is 0 Å². The van der Waals surface area contributed by atoms with Gasteiger partial charge in [0.25, 0.3) is 5.91 Å². The first kappa shape index (κ1) is 21.9. The van der Waals surface area contributed by atoms with Crippen LogP contribution < -0.4 is 15.4 Å². The van der Waals surface area contributed by atoms with Crippen LogP contribution in [0.25, 0.3) is 0 Å². The number of aryl methyl sites for hydroxylation is 2. The lowest BCUT2D eigenvalue weighted by atomic mass is 10.0. The van der Waals surface area contributed by atoms with Crippen LogP contribution in [-0.2, 0) is 14.3 Å². The van der Waals surface area contributed by atoms with Crippen molar-refractivity contribution in [2.24, 2.45) is 0 Å². The summed E-state index contributed by atoms with van der Waals surface area (Å²) in [7, 11) is 0. The van der Waals surface area contributed by atoms with Crippen molar-refractivity contribution in [3.05, 3.63) is 59.2 Å². The van der Waals surface area contributed by atoms with E-state index >= 15 is 0 Å². The maximum atomic E-state index is 11.9. The van der Waals surface area contributed by atoms with Gasteiger partial charge in [-0.05, 0) is 49.1 Å². The number of nitrogens with one attached hydrogen (secondary N) is 2. The third-order valence-corrected chi connectivity index (χ3v) is 4.15. The molecule has 0 saturated heterocycles. The average Bonchev–Trinajstić information content (AvgIpc) is 2.67. The first-order chi connectivity index (χ1) is 13.7. The standard InChI is InChI=1S/C22H26N2O5/c1-14(2)17-6-8-18(9-7-17)28-13-21(26)29-12-20(25)24-22(27)23-19-10-5-15(3)11-16(19)4/h5-11,14H,12-13H2,1-4H3,(H2,23,24,25,27). The third kappa shape index (κ3) is 7.29. The summed E-state index contributed by atoms with van der Waals surface area (Å²) in [6.45, 7) is 7.06. The molecule has 2 rings (SSSR count). The lowest BCUT2D eigenvalue weighted by molar-refractivity contribution is -0.150. The van der Waals surface area contributed by atoms with E-state index in [0.29, 0.717) is 17.4 Å². The molecule has 0 aliphatic carbocycles. The second kappa shape index (κ2) is 10.3. The highest BCUT2D eigenvalue weighted by Crippen LogP contribution is 2.18. The van der Waals surface area contributed by atoms with Crippen molar-refractivity contribution < 1.29 is 23.9 Å². The minimum atomic E-state index is -0.734. The molecule has 0 radical (unpaired) electrons. The van der Waals surface area contributed by atoms with Crippen LogP contribution in [0.1, 0.15) is 36.5 Å². The van der Waals surface area contributed by atoms with Gasteiger partial charge in [0.2, 0.25) is 0 Å². The van der Waals surface area contributed by atoms with Crippen LogP contribution in [0.3, 0.4) is 0 Å². The topological polar surface area (TPSA) is 93.7 Å². The van der Waals surface area contributed by atoms with Crippen molar-refractivity contribution in [3.8, 4) is 5.75 Å². The number of rotatable bonds is 7. The van der Waals surface area contributed by atoms with Crippen LogP contribution in [0.4, 0.5) is 10.5 Å². The van der Waals surface area contributed by atoms with E-state index < -0.39 is 24.5 Å². The molecule has 29 heavy (non-hydrogen) atoms. The average molecular weight is 398 g/mol. The fourth-order valence-electron chi connectivity index (χ4n) is 2.55. The van der Waals surface area contributed by atoms with Gasteiger partial charge < -0.3 is 14.8 Å². The van der Waals surface area contributed by atoms with Crippen molar-refractivity contribution >= 4 is 23.6 Å². The van der Waals surface area contributed by atoms with Gasteiger partial charge in [0.05, 0.1) is 0 Å². The van der Waals surface area contributed by atoms with E-state index in [1.807, 2.05) is 38.1 Å². The van der Waals surface area contributed by atoms with Gasteiger partial charge in [-0.2, -0.15) is 0 Å². The summed E-state index contributed by atoms with van der Waals surface area (Å²) >= 11 is 0. The van der Waals surface area contributed by atoms with Crippen molar-refractivity contribution in [2.45, 2.75) is 33.6 Å². The molecule has 0 spiro atoms. The Balaban J connectivity index is 1.71. The molecule has 0 aromatic heterocycles. The Morgan fingerprint density at radius 2 is 1.66 bits per heavy atom. The van der Waals surface area contributed by atoms with E-state index in [9.17, 15) is 14.4 Å². The van der Waals surface area contributed by atoms with E-state index in [1.165, 1.54) is 0 Å². The van der Waals surface area contributed by atoms with Crippen LogP contribution in [-0.4, -0.2) is 31.1 Å². The van der Waals surface area contributed by atoms with Gasteiger partial charge in [0.1, 0.15) is 5.75 Å². The van der Waals surface area contributed by atoms with Crippen LogP contribution in [0.15, 0.2) is 42.5 Å². The molecule has 0 fully saturated rings. The largest absolute Gasteiger partial charge is 0.482 e. The molecular formula is C22H26N2O5. The summed E-state index contributed by atoms with van der Waals surface area (Å²) < 4.78 is 10.2. The van der Waals surface area contributed by atoms with E-state index in [-0.39, 0.29) is 6.61 Å². The highest BCUT2D eigenvalue weighted by molar-refractivity contribution is 6.02. The Bertz CT molecular complexity index is 875. The molecule has 0 heterocycles. The number of hydrogen-bond donors (Lipinski definition) is 2. The number of ether oxygens (including phenoxy) is 2. The summed E-state index contributed by atoms with van der Waals surface area (Å²) in [6.07, 6.45) is 0. The number of imide groups is 1. The van der Waals surface area contributed by atoms with Gasteiger partial charge in [0, 0.05) is 5.69 Å². The van der Waals surface area contributed by atoms with Gasteiger partial charge in [-0.1, -0.05) is 43.7 Å². The smallest absolute Gasteiger partial charge is 0.344 e. The first-order valence-electron chi connectivity index (χ1n) is 9.31. The molecule has 7 heteroatoms. The SMILES string of the molecule is Cc1ccc(NC(=O)NC(=O)COC(=O)COc2ccc(C(C)C)cc2)c(C)c1. The van der Waals surface area contributed by atoms with Gasteiger partial charge in [-0.15, -0.1) is 0 Å². The maximum Gasteiger partial charge on any atom is 0.344 e. The Hall–Kier alpha value is -3.35. The summed E-state index contributed by atoms with van der Waals surface area (Å²) in [5.41, 5.74) is 3.69. The predicted molar refractivity (Wildman–Crippen MR) is 110 cm³/mol. The lowest BCUT2D eigenvalue weighted by Gasteiger charge is -2.10. The van der Waals surface area contributed by atoms with Crippen LogP contribution in [0.5, 0.6) is 5.75 Å². The van der Waals surface area contributed by atoms with Crippen LogP contribution >= 0.6 is 0 Å². The molecule has 2 aromatic carbocycles. The third-order valence-electron chi connectivity index (χ3n) is 4.15. The molecular weight excluding hydrogens is 372 g/mol. The highest BCUT2D eigenvalue weighted by Gasteiger charge is 2.12. The fraction of sp³-hybridized carbons (Fsp3) is 0.318.